The van der Waals surface area contributed by atoms with E-state index in [9.17, 15) is 44.3 Å². The molecule has 2 saturated heterocycles. The number of hydrogen-bond acceptors (Lipinski definition) is 4. The molecule has 262 valence electrons. The van der Waals surface area contributed by atoms with Gasteiger partial charge in [0.25, 0.3) is 5.60 Å². The third-order valence-electron chi connectivity index (χ3n) is 8.18. The number of alkyl halides is 6. The van der Waals surface area contributed by atoms with Crippen LogP contribution in [0.15, 0.2) is 77.7 Å². The number of ether oxygens (including phenoxy) is 1. The highest BCUT2D eigenvalue weighted by Crippen LogP contribution is 2.53. The van der Waals surface area contributed by atoms with E-state index in [-0.39, 0.29) is 17.4 Å². The van der Waals surface area contributed by atoms with E-state index in [1.165, 1.54) is 18.2 Å². The van der Waals surface area contributed by atoms with Gasteiger partial charge in [-0.15, -0.1) is 11.8 Å². The van der Waals surface area contributed by atoms with E-state index >= 15 is 0 Å². The van der Waals surface area contributed by atoms with Crippen molar-refractivity contribution in [3.63, 3.8) is 0 Å². The van der Waals surface area contributed by atoms with Crippen molar-refractivity contribution in [2.45, 2.75) is 66.4 Å². The molecule has 0 aromatic heterocycles. The number of carbonyl (C=O) groups is 1. The summed E-state index contributed by atoms with van der Waals surface area (Å²) in [5.41, 5.74) is -1.01. The van der Waals surface area contributed by atoms with E-state index in [0.29, 0.717) is 29.5 Å². The van der Waals surface area contributed by atoms with Gasteiger partial charge in [0.05, 0.1) is 6.61 Å². The quantitative estimate of drug-likeness (QED) is 0.262. The van der Waals surface area contributed by atoms with Crippen molar-refractivity contribution < 1.29 is 49.0 Å². The Morgan fingerprint density at radius 1 is 0.833 bits per heavy atom. The molecule has 1 atom stereocenters. The van der Waals surface area contributed by atoms with Gasteiger partial charge in [-0.3, -0.25) is 0 Å². The van der Waals surface area contributed by atoms with Crippen molar-refractivity contribution in [1.82, 2.24) is 9.80 Å². The molecule has 2 aliphatic heterocycles. The fourth-order valence-electron chi connectivity index (χ4n) is 5.37. The van der Waals surface area contributed by atoms with Crippen LogP contribution in [0.2, 0.25) is 0 Å². The molecule has 0 bridgehead atoms. The van der Waals surface area contributed by atoms with Gasteiger partial charge in [0, 0.05) is 53.0 Å². The molecule has 0 aliphatic carbocycles. The first kappa shape index (κ1) is 37.4. The molecule has 2 aliphatic rings. The summed E-state index contributed by atoms with van der Waals surface area (Å²) in [7, 11) is 0. The van der Waals surface area contributed by atoms with E-state index < -0.39 is 47.3 Å². The number of nitrogens with zero attached hydrogens (tertiary/aromatic N) is 2. The van der Waals surface area contributed by atoms with Crippen LogP contribution in [0, 0.1) is 17.5 Å². The molecule has 3 aromatic carbocycles. The number of hydrogen-bond donors (Lipinski definition) is 1. The summed E-state index contributed by atoms with van der Waals surface area (Å²) in [6, 6.07) is 13.4. The molecule has 2 fully saturated rings. The predicted octanol–water partition coefficient (Wildman–Crippen LogP) is 8.43. The van der Waals surface area contributed by atoms with Crippen LogP contribution >= 0.6 is 11.8 Å². The summed E-state index contributed by atoms with van der Waals surface area (Å²) in [5.74, 6) is -2.84. The van der Waals surface area contributed by atoms with Gasteiger partial charge in [0.1, 0.15) is 17.5 Å². The first-order valence-corrected chi connectivity index (χ1v) is 15.8. The summed E-state index contributed by atoms with van der Waals surface area (Å²) in [6.07, 6.45) is -9.14. The summed E-state index contributed by atoms with van der Waals surface area (Å²) in [4.78, 5) is 17.5. The number of piperidine rings is 1. The summed E-state index contributed by atoms with van der Waals surface area (Å²) in [5, 5.41) is 0.383. The Labute approximate surface area is 276 Å². The molecule has 2 heterocycles. The predicted molar refractivity (Wildman–Crippen MR) is 162 cm³/mol. The Morgan fingerprint density at radius 2 is 1.40 bits per heavy atom. The zero-order chi connectivity index (χ0) is 35.3. The zero-order valence-corrected chi connectivity index (χ0v) is 26.6. The van der Waals surface area contributed by atoms with Gasteiger partial charge in [-0.05, 0) is 62.6 Å². The minimum Gasteiger partial charge on any atom is -0.349 e. The molecule has 0 saturated carbocycles. The van der Waals surface area contributed by atoms with Crippen LogP contribution in [0.1, 0.15) is 37.3 Å². The molecule has 15 heteroatoms. The molecule has 1 unspecified atom stereocenters. The van der Waals surface area contributed by atoms with Gasteiger partial charge in [-0.25, -0.2) is 18.0 Å². The standard InChI is InChI=1S/C17H24FN3OS.C16H10F8O/c1-17(19)7-10-20(11-8-17)16(22)21-9-6-15(12-21)23-14-4-2-13(18)3-5-14;17-12-7-4-8-13(18)11(12)9-25-14(15(19,20)21,16(22,23)24)10-5-2-1-3-6-10/h2-5,15H,6-12,19H2,1H3;1-8H,9H2. The number of halogens is 9. The summed E-state index contributed by atoms with van der Waals surface area (Å²) >= 11 is 1.73. The van der Waals surface area contributed by atoms with Crippen LogP contribution < -0.4 is 5.73 Å². The molecule has 5 rings (SSSR count). The molecule has 5 nitrogen and oxygen atoms in total. The lowest BCUT2D eigenvalue weighted by atomic mass is 9.91. The maximum absolute atomic E-state index is 13.5. The number of likely N-dealkylation sites (tertiary alicyclic amines) is 2. The van der Waals surface area contributed by atoms with Gasteiger partial charge >= 0.3 is 18.4 Å². The highest BCUT2D eigenvalue weighted by Gasteiger charge is 2.73. The number of rotatable bonds is 6. The topological polar surface area (TPSA) is 58.8 Å². The van der Waals surface area contributed by atoms with Crippen LogP contribution in [0.3, 0.4) is 0 Å². The number of amides is 2. The average molecular weight is 708 g/mol. The average Bonchev–Trinajstić information content (AvgIpc) is 3.47. The van der Waals surface area contributed by atoms with Crippen molar-refractivity contribution in [2.24, 2.45) is 5.73 Å². The molecule has 2 amide bonds. The molecule has 48 heavy (non-hydrogen) atoms. The minimum atomic E-state index is -5.92. The Morgan fingerprint density at radius 3 is 1.94 bits per heavy atom. The Hall–Kier alpha value is -3.43. The van der Waals surface area contributed by atoms with Gasteiger partial charge in [-0.2, -0.15) is 26.3 Å². The smallest absolute Gasteiger partial charge is 0.349 e. The highest BCUT2D eigenvalue weighted by atomic mass is 32.2. The Bertz CT molecular complexity index is 1480. The van der Waals surface area contributed by atoms with Crippen LogP contribution in [0.25, 0.3) is 0 Å². The number of carbonyl (C=O) groups excluding carboxylic acids is 1. The zero-order valence-electron chi connectivity index (χ0n) is 25.8. The molecule has 0 spiro atoms. The van der Waals surface area contributed by atoms with Crippen LogP contribution in [0.4, 0.5) is 44.3 Å². The van der Waals surface area contributed by atoms with E-state index in [0.717, 1.165) is 68.5 Å². The SMILES string of the molecule is CC1(N)CCN(C(=O)N2CCC(Sc3ccc(F)cc3)C2)CC1.Fc1cccc(F)c1COC(c1ccccc1)(C(F)(F)F)C(F)(F)F. The second-order valence-corrected chi connectivity index (χ2v) is 13.3. The van der Waals surface area contributed by atoms with Crippen LogP contribution in [-0.2, 0) is 16.9 Å². The lowest BCUT2D eigenvalue weighted by molar-refractivity contribution is -0.392. The molecular weight excluding hydrogens is 673 g/mol. The molecular formula is C33H34F9N3O2S. The second-order valence-electron chi connectivity index (χ2n) is 11.9. The minimum absolute atomic E-state index is 0.136. The van der Waals surface area contributed by atoms with Gasteiger partial charge in [0.2, 0.25) is 0 Å². The fourth-order valence-corrected chi connectivity index (χ4v) is 6.53. The van der Waals surface area contributed by atoms with Crippen molar-refractivity contribution in [3.05, 3.63) is 101 Å². The molecule has 0 radical (unpaired) electrons. The first-order valence-electron chi connectivity index (χ1n) is 14.9. The number of nitrogens with two attached hydrogens (primary N) is 1. The third-order valence-corrected chi connectivity index (χ3v) is 9.44. The molecule has 2 N–H and O–H groups in total. The van der Waals surface area contributed by atoms with E-state index in [1.807, 2.05) is 9.80 Å². The Kier molecular flexibility index (Phi) is 11.7. The van der Waals surface area contributed by atoms with Crippen molar-refractivity contribution in [1.29, 1.82) is 0 Å². The van der Waals surface area contributed by atoms with Crippen molar-refractivity contribution >= 4 is 17.8 Å². The maximum Gasteiger partial charge on any atom is 0.430 e. The number of urea groups is 1. The van der Waals surface area contributed by atoms with Crippen LogP contribution in [0.5, 0.6) is 0 Å². The Balaban J connectivity index is 0.000000217. The maximum atomic E-state index is 13.5. The number of benzene rings is 3. The number of thioether (sulfide) groups is 1. The largest absolute Gasteiger partial charge is 0.430 e. The van der Waals surface area contributed by atoms with Gasteiger partial charge in [-0.1, -0.05) is 36.4 Å². The first-order chi connectivity index (χ1) is 22.4. The second kappa shape index (κ2) is 15.0. The summed E-state index contributed by atoms with van der Waals surface area (Å²) in [6.45, 7) is 3.55. The lowest BCUT2D eigenvalue weighted by Gasteiger charge is -2.38. The normalized spacial score (nSPS) is 18.4. The fraction of sp³-hybridized carbons (Fsp3) is 0.424. The summed E-state index contributed by atoms with van der Waals surface area (Å²) < 4.78 is 125. The lowest BCUT2D eigenvalue weighted by Crippen LogP contribution is -2.55. The van der Waals surface area contributed by atoms with E-state index in [1.54, 1.807) is 23.9 Å². The van der Waals surface area contributed by atoms with E-state index in [2.05, 4.69) is 11.7 Å². The third kappa shape index (κ3) is 8.77. The molecule has 3 aromatic rings. The van der Waals surface area contributed by atoms with Gasteiger partial charge < -0.3 is 20.3 Å². The van der Waals surface area contributed by atoms with E-state index in [4.69, 9.17) is 5.73 Å². The van der Waals surface area contributed by atoms with Gasteiger partial charge in [0.15, 0.2) is 0 Å². The van der Waals surface area contributed by atoms with Crippen molar-refractivity contribution in [3.8, 4) is 0 Å². The monoisotopic (exact) mass is 707 g/mol. The van der Waals surface area contributed by atoms with Crippen LogP contribution in [-0.4, -0.2) is 65.2 Å². The highest BCUT2D eigenvalue weighted by molar-refractivity contribution is 8.00. The van der Waals surface area contributed by atoms with Crippen molar-refractivity contribution in [2.75, 3.05) is 26.2 Å².